The molecule has 0 radical (unpaired) electrons. The summed E-state index contributed by atoms with van der Waals surface area (Å²) in [5.41, 5.74) is 4.80. The smallest absolute Gasteiger partial charge is 0.251 e. The molecule has 0 unspecified atom stereocenters. The van der Waals surface area contributed by atoms with Gasteiger partial charge in [-0.25, -0.2) is 0 Å². The van der Waals surface area contributed by atoms with E-state index in [-0.39, 0.29) is 5.56 Å². The van der Waals surface area contributed by atoms with Crippen LogP contribution in [0.25, 0.3) is 10.9 Å². The Labute approximate surface area is 154 Å². The van der Waals surface area contributed by atoms with Crippen molar-refractivity contribution in [1.29, 1.82) is 0 Å². The lowest BCUT2D eigenvalue weighted by Gasteiger charge is -2.26. The van der Waals surface area contributed by atoms with Gasteiger partial charge in [-0.2, -0.15) is 0 Å². The normalized spacial score (nSPS) is 14.7. The average molecular weight is 347 g/mol. The van der Waals surface area contributed by atoms with E-state index in [0.717, 1.165) is 49.1 Å². The molecule has 3 heterocycles. The van der Waals surface area contributed by atoms with Gasteiger partial charge in [-0.15, -0.1) is 0 Å². The molecule has 2 aromatic heterocycles. The van der Waals surface area contributed by atoms with E-state index in [2.05, 4.69) is 48.1 Å². The molecule has 4 heteroatoms. The summed E-state index contributed by atoms with van der Waals surface area (Å²) in [6.45, 7) is 3.81. The molecule has 0 bridgehead atoms. The van der Waals surface area contributed by atoms with Crippen LogP contribution < -0.4 is 5.56 Å². The predicted octanol–water partition coefficient (Wildman–Crippen LogP) is 3.41. The molecule has 3 aromatic rings. The highest BCUT2D eigenvalue weighted by Crippen LogP contribution is 2.26. The zero-order valence-electron chi connectivity index (χ0n) is 15.5. The van der Waals surface area contributed by atoms with Crippen molar-refractivity contribution in [2.24, 2.45) is 0 Å². The number of hydrogen-bond donors (Lipinski definition) is 0. The van der Waals surface area contributed by atoms with Gasteiger partial charge in [0.15, 0.2) is 0 Å². The van der Waals surface area contributed by atoms with Crippen molar-refractivity contribution in [1.82, 2.24) is 14.5 Å². The number of rotatable bonds is 5. The molecule has 0 N–H and O–H groups in total. The zero-order chi connectivity index (χ0) is 18.1. The number of aryl methyl sites for hydroxylation is 2. The second-order valence-corrected chi connectivity index (χ2v) is 7.37. The van der Waals surface area contributed by atoms with Crippen molar-refractivity contribution >= 4 is 10.9 Å². The molecule has 0 saturated carbocycles. The molecule has 4 nitrogen and oxygen atoms in total. The van der Waals surface area contributed by atoms with Crippen LogP contribution in [0.15, 0.2) is 53.5 Å². The first kappa shape index (κ1) is 17.0. The van der Waals surface area contributed by atoms with Gasteiger partial charge in [-0.3, -0.25) is 14.7 Å². The van der Waals surface area contributed by atoms with Crippen LogP contribution in [-0.4, -0.2) is 27.5 Å². The van der Waals surface area contributed by atoms with Crippen molar-refractivity contribution in [3.63, 3.8) is 0 Å². The Morgan fingerprint density at radius 1 is 1.23 bits per heavy atom. The maximum absolute atomic E-state index is 12.6. The van der Waals surface area contributed by atoms with Crippen LogP contribution in [0.5, 0.6) is 0 Å². The first-order valence-corrected chi connectivity index (χ1v) is 9.38. The van der Waals surface area contributed by atoms with Gasteiger partial charge in [0.1, 0.15) is 0 Å². The molecule has 0 fully saturated rings. The van der Waals surface area contributed by atoms with Crippen molar-refractivity contribution < 1.29 is 0 Å². The number of benzene rings is 1. The van der Waals surface area contributed by atoms with Crippen LogP contribution in [0.2, 0.25) is 0 Å². The summed E-state index contributed by atoms with van der Waals surface area (Å²) in [6, 6.07) is 14.7. The maximum atomic E-state index is 12.6. The Kier molecular flexibility index (Phi) is 4.60. The predicted molar refractivity (Wildman–Crippen MR) is 105 cm³/mol. The minimum absolute atomic E-state index is 0.130. The van der Waals surface area contributed by atoms with E-state index in [0.29, 0.717) is 6.04 Å². The lowest BCUT2D eigenvalue weighted by atomic mass is 9.98. The summed E-state index contributed by atoms with van der Waals surface area (Å²) in [7, 11) is 2.13. The van der Waals surface area contributed by atoms with Crippen LogP contribution in [0.4, 0.5) is 0 Å². The third kappa shape index (κ3) is 3.17. The Hall–Kier alpha value is -2.46. The number of hydrogen-bond acceptors (Lipinski definition) is 3. The molecule has 1 aliphatic rings. The van der Waals surface area contributed by atoms with Crippen molar-refractivity contribution in [2.45, 2.75) is 45.3 Å². The van der Waals surface area contributed by atoms with Crippen LogP contribution in [0, 0.1) is 0 Å². The van der Waals surface area contributed by atoms with E-state index in [1.54, 1.807) is 0 Å². The highest BCUT2D eigenvalue weighted by molar-refractivity contribution is 5.86. The minimum atomic E-state index is 0.130. The third-order valence-corrected chi connectivity index (χ3v) is 5.53. The molecule has 4 rings (SSSR count). The summed E-state index contributed by atoms with van der Waals surface area (Å²) >= 11 is 0. The summed E-state index contributed by atoms with van der Waals surface area (Å²) in [5.74, 6) is 0. The first-order chi connectivity index (χ1) is 12.6. The van der Waals surface area contributed by atoms with Crippen molar-refractivity contribution in [2.75, 3.05) is 7.05 Å². The molecule has 0 amide bonds. The molecule has 1 aromatic carbocycles. The average Bonchev–Trinajstić information content (AvgIpc) is 2.66. The summed E-state index contributed by atoms with van der Waals surface area (Å²) < 4.78 is 1.95. The molecule has 26 heavy (non-hydrogen) atoms. The van der Waals surface area contributed by atoms with Crippen LogP contribution in [-0.2, 0) is 25.9 Å². The van der Waals surface area contributed by atoms with Gasteiger partial charge in [-0.05, 0) is 50.1 Å². The summed E-state index contributed by atoms with van der Waals surface area (Å²) in [5, 5.41) is 1.22. The summed E-state index contributed by atoms with van der Waals surface area (Å²) in [4.78, 5) is 19.4. The van der Waals surface area contributed by atoms with Gasteiger partial charge < -0.3 is 4.57 Å². The van der Waals surface area contributed by atoms with E-state index < -0.39 is 0 Å². The largest absolute Gasteiger partial charge is 0.308 e. The van der Waals surface area contributed by atoms with Gasteiger partial charge in [0.05, 0.1) is 5.52 Å². The summed E-state index contributed by atoms with van der Waals surface area (Å²) in [6.07, 6.45) is 4.85. The molecule has 0 spiro atoms. The fourth-order valence-electron chi connectivity index (χ4n) is 3.97. The van der Waals surface area contributed by atoms with E-state index in [1.807, 2.05) is 29.0 Å². The quantitative estimate of drug-likeness (QED) is 0.710. The zero-order valence-corrected chi connectivity index (χ0v) is 15.5. The highest BCUT2D eigenvalue weighted by Gasteiger charge is 2.18. The van der Waals surface area contributed by atoms with E-state index >= 15 is 0 Å². The fourth-order valence-corrected chi connectivity index (χ4v) is 3.97. The number of nitrogens with zero attached hydrogens (tertiary/aromatic N) is 3. The van der Waals surface area contributed by atoms with Crippen molar-refractivity contribution in [3.05, 3.63) is 75.8 Å². The molecular formula is C22H25N3O. The van der Waals surface area contributed by atoms with E-state index in [9.17, 15) is 4.79 Å². The van der Waals surface area contributed by atoms with Crippen molar-refractivity contribution in [3.8, 4) is 0 Å². The Morgan fingerprint density at radius 2 is 2.12 bits per heavy atom. The Morgan fingerprint density at radius 3 is 2.92 bits per heavy atom. The monoisotopic (exact) mass is 347 g/mol. The minimum Gasteiger partial charge on any atom is -0.308 e. The van der Waals surface area contributed by atoms with Gasteiger partial charge in [0.2, 0.25) is 0 Å². The number of para-hydroxylation sites is 1. The fraction of sp³-hybridized carbons (Fsp3) is 0.364. The van der Waals surface area contributed by atoms with Gasteiger partial charge in [-0.1, -0.05) is 24.3 Å². The van der Waals surface area contributed by atoms with Crippen LogP contribution in [0.1, 0.15) is 30.2 Å². The number of likely N-dealkylation sites (N-methyl/N-ethyl adjacent to an activating group) is 1. The Balaban J connectivity index is 1.63. The first-order valence-electron chi connectivity index (χ1n) is 9.38. The molecule has 1 atom stereocenters. The van der Waals surface area contributed by atoms with Crippen LogP contribution >= 0.6 is 0 Å². The lowest BCUT2D eigenvalue weighted by molar-refractivity contribution is 0.247. The molecule has 134 valence electrons. The molecule has 0 aliphatic carbocycles. The van der Waals surface area contributed by atoms with Gasteiger partial charge in [0, 0.05) is 48.9 Å². The highest BCUT2D eigenvalue weighted by atomic mass is 16.1. The SMILES string of the molecule is C[C@H](Cc1ccccn1)N(C)Cc1cc(=O)n2c3c(cccc13)CCC2. The molecule has 0 saturated heterocycles. The second kappa shape index (κ2) is 7.04. The number of pyridine rings is 2. The second-order valence-electron chi connectivity index (χ2n) is 7.37. The van der Waals surface area contributed by atoms with E-state index in [1.165, 1.54) is 10.9 Å². The molecular weight excluding hydrogens is 322 g/mol. The topological polar surface area (TPSA) is 38.1 Å². The molecule has 1 aliphatic heterocycles. The van der Waals surface area contributed by atoms with Gasteiger partial charge in [0.25, 0.3) is 5.56 Å². The van der Waals surface area contributed by atoms with Crippen LogP contribution in [0.3, 0.4) is 0 Å². The van der Waals surface area contributed by atoms with Gasteiger partial charge >= 0.3 is 0 Å². The van der Waals surface area contributed by atoms with E-state index in [4.69, 9.17) is 0 Å². The number of aromatic nitrogens is 2. The maximum Gasteiger partial charge on any atom is 0.251 e. The Bertz CT molecular complexity index is 978. The third-order valence-electron chi connectivity index (χ3n) is 5.53. The standard InChI is InChI=1S/C22H25N3O/c1-16(13-19-9-3-4-11-23-19)24(2)15-18-14-21(26)25-12-6-8-17-7-5-10-20(18)22(17)25/h3-5,7,9-11,14,16H,6,8,12-13,15H2,1-2H3/t16-/m1/s1. The lowest BCUT2D eigenvalue weighted by Crippen LogP contribution is -2.32.